The van der Waals surface area contributed by atoms with E-state index in [0.717, 1.165) is 10.2 Å². The molecule has 1 atom stereocenters. The summed E-state index contributed by atoms with van der Waals surface area (Å²) in [6.07, 6.45) is 5.65. The molecule has 0 radical (unpaired) electrons. The fraction of sp³-hybridized carbons (Fsp3) is 0.500. The molecule has 1 fully saturated rings. The van der Waals surface area contributed by atoms with Crippen LogP contribution in [0.25, 0.3) is 0 Å². The first-order valence-corrected chi connectivity index (χ1v) is 5.43. The van der Waals surface area contributed by atoms with Crippen molar-refractivity contribution < 1.29 is 0 Å². The van der Waals surface area contributed by atoms with Gasteiger partial charge in [0.05, 0.1) is 5.69 Å². The Morgan fingerprint density at radius 1 is 1.54 bits per heavy atom. The van der Waals surface area contributed by atoms with Crippen LogP contribution in [0, 0.1) is 5.92 Å². The molecular formula is C10H13BrN2. The average molecular weight is 241 g/mol. The van der Waals surface area contributed by atoms with Crippen LogP contribution in [0.3, 0.4) is 0 Å². The second-order valence-corrected chi connectivity index (χ2v) is 4.53. The minimum absolute atomic E-state index is 0.131. The highest BCUT2D eigenvalue weighted by molar-refractivity contribution is 9.10. The van der Waals surface area contributed by atoms with Crippen LogP contribution in [0.5, 0.6) is 0 Å². The fourth-order valence-corrected chi connectivity index (χ4v) is 2.00. The smallest absolute Gasteiger partial charge is 0.0585 e. The third-order valence-electron chi connectivity index (χ3n) is 2.74. The van der Waals surface area contributed by atoms with Gasteiger partial charge in [0.1, 0.15) is 0 Å². The Bertz CT molecular complexity index is 297. The number of aromatic nitrogens is 1. The van der Waals surface area contributed by atoms with E-state index < -0.39 is 0 Å². The lowest BCUT2D eigenvalue weighted by atomic mass is 9.79. The van der Waals surface area contributed by atoms with Crippen molar-refractivity contribution in [1.29, 1.82) is 0 Å². The van der Waals surface area contributed by atoms with Gasteiger partial charge in [0.25, 0.3) is 0 Å². The van der Waals surface area contributed by atoms with Gasteiger partial charge in [-0.15, -0.1) is 0 Å². The van der Waals surface area contributed by atoms with Crippen LogP contribution in [-0.4, -0.2) is 4.98 Å². The first-order valence-electron chi connectivity index (χ1n) is 4.64. The molecule has 0 amide bonds. The van der Waals surface area contributed by atoms with E-state index in [-0.39, 0.29) is 6.04 Å². The Hall–Kier alpha value is -0.410. The predicted molar refractivity (Wildman–Crippen MR) is 56.2 cm³/mol. The van der Waals surface area contributed by atoms with Crippen molar-refractivity contribution in [1.82, 2.24) is 4.98 Å². The number of hydrogen-bond acceptors (Lipinski definition) is 2. The first kappa shape index (κ1) is 9.16. The van der Waals surface area contributed by atoms with Crippen molar-refractivity contribution in [2.45, 2.75) is 25.3 Å². The number of pyridine rings is 1. The zero-order valence-corrected chi connectivity index (χ0v) is 9.00. The van der Waals surface area contributed by atoms with Crippen molar-refractivity contribution in [3.63, 3.8) is 0 Å². The Kier molecular flexibility index (Phi) is 2.65. The molecule has 1 aliphatic rings. The Labute approximate surface area is 86.7 Å². The summed E-state index contributed by atoms with van der Waals surface area (Å²) in [6, 6.07) is 4.08. The van der Waals surface area contributed by atoms with E-state index in [2.05, 4.69) is 20.9 Å². The summed E-state index contributed by atoms with van der Waals surface area (Å²) >= 11 is 3.42. The molecule has 70 valence electrons. The van der Waals surface area contributed by atoms with Gasteiger partial charge in [-0.05, 0) is 30.9 Å². The number of halogens is 1. The fourth-order valence-electron chi connectivity index (χ4n) is 1.64. The van der Waals surface area contributed by atoms with E-state index in [4.69, 9.17) is 5.73 Å². The van der Waals surface area contributed by atoms with Gasteiger partial charge < -0.3 is 5.73 Å². The molecule has 0 bridgehead atoms. The number of rotatable bonds is 2. The van der Waals surface area contributed by atoms with Gasteiger partial charge in [0.15, 0.2) is 0 Å². The third-order valence-corrected chi connectivity index (χ3v) is 3.24. The minimum Gasteiger partial charge on any atom is -0.322 e. The number of hydrogen-bond donors (Lipinski definition) is 1. The number of nitrogens with zero attached hydrogens (tertiary/aromatic N) is 1. The van der Waals surface area contributed by atoms with Crippen LogP contribution >= 0.6 is 15.9 Å². The van der Waals surface area contributed by atoms with Gasteiger partial charge in [-0.2, -0.15) is 0 Å². The summed E-state index contributed by atoms with van der Waals surface area (Å²) in [5.41, 5.74) is 7.10. The highest BCUT2D eigenvalue weighted by Crippen LogP contribution is 2.35. The molecule has 1 aromatic heterocycles. The maximum atomic E-state index is 6.09. The predicted octanol–water partition coefficient (Wildman–Crippen LogP) is 2.64. The van der Waals surface area contributed by atoms with Gasteiger partial charge >= 0.3 is 0 Å². The Morgan fingerprint density at radius 2 is 2.31 bits per heavy atom. The lowest BCUT2D eigenvalue weighted by Gasteiger charge is -2.30. The first-order chi connectivity index (χ1) is 6.27. The molecular weight excluding hydrogens is 228 g/mol. The van der Waals surface area contributed by atoms with Gasteiger partial charge in [0, 0.05) is 16.7 Å². The molecule has 0 spiro atoms. The Morgan fingerprint density at radius 3 is 2.85 bits per heavy atom. The van der Waals surface area contributed by atoms with Gasteiger partial charge in [-0.1, -0.05) is 22.4 Å². The Balaban J connectivity index is 2.14. The highest BCUT2D eigenvalue weighted by Gasteiger charge is 2.26. The molecule has 1 aliphatic carbocycles. The quantitative estimate of drug-likeness (QED) is 0.864. The maximum Gasteiger partial charge on any atom is 0.0585 e. The molecule has 1 aromatic rings. The average Bonchev–Trinajstić information content (AvgIpc) is 2.01. The largest absolute Gasteiger partial charge is 0.322 e. The van der Waals surface area contributed by atoms with E-state index in [9.17, 15) is 0 Å². The van der Waals surface area contributed by atoms with Crippen LogP contribution in [-0.2, 0) is 0 Å². The topological polar surface area (TPSA) is 38.9 Å². The third kappa shape index (κ3) is 1.92. The molecule has 0 aromatic carbocycles. The molecule has 13 heavy (non-hydrogen) atoms. The molecule has 1 unspecified atom stereocenters. The summed E-state index contributed by atoms with van der Waals surface area (Å²) < 4.78 is 1.06. The molecule has 3 heteroatoms. The molecule has 0 aliphatic heterocycles. The standard InChI is InChI=1S/C10H13BrN2/c11-8-4-5-13-9(6-8)10(12)7-2-1-3-7/h4-7,10H,1-3,12H2. The SMILES string of the molecule is NC(c1cc(Br)ccn1)C1CCC1. The van der Waals surface area contributed by atoms with Crippen LogP contribution < -0.4 is 5.73 Å². The molecule has 2 nitrogen and oxygen atoms in total. The van der Waals surface area contributed by atoms with Crippen LogP contribution in [0.15, 0.2) is 22.8 Å². The molecule has 1 heterocycles. The van der Waals surface area contributed by atoms with Crippen LogP contribution in [0.2, 0.25) is 0 Å². The van der Waals surface area contributed by atoms with Crippen molar-refractivity contribution in [2.75, 3.05) is 0 Å². The summed E-state index contributed by atoms with van der Waals surface area (Å²) in [7, 11) is 0. The van der Waals surface area contributed by atoms with Crippen molar-refractivity contribution in [2.24, 2.45) is 11.7 Å². The maximum absolute atomic E-state index is 6.09. The molecule has 2 N–H and O–H groups in total. The summed E-state index contributed by atoms with van der Waals surface area (Å²) in [6.45, 7) is 0. The van der Waals surface area contributed by atoms with E-state index in [1.807, 2.05) is 12.1 Å². The zero-order valence-electron chi connectivity index (χ0n) is 7.41. The van der Waals surface area contributed by atoms with Crippen molar-refractivity contribution >= 4 is 15.9 Å². The van der Waals surface area contributed by atoms with Crippen LogP contribution in [0.4, 0.5) is 0 Å². The van der Waals surface area contributed by atoms with Gasteiger partial charge in [-0.3, -0.25) is 4.98 Å². The molecule has 0 saturated heterocycles. The van der Waals surface area contributed by atoms with E-state index in [1.54, 1.807) is 6.20 Å². The van der Waals surface area contributed by atoms with E-state index in [1.165, 1.54) is 19.3 Å². The second-order valence-electron chi connectivity index (χ2n) is 3.62. The monoisotopic (exact) mass is 240 g/mol. The minimum atomic E-state index is 0.131. The van der Waals surface area contributed by atoms with E-state index in [0.29, 0.717) is 5.92 Å². The molecule has 2 rings (SSSR count). The second kappa shape index (κ2) is 3.76. The molecule has 1 saturated carbocycles. The van der Waals surface area contributed by atoms with Gasteiger partial charge in [-0.25, -0.2) is 0 Å². The summed E-state index contributed by atoms with van der Waals surface area (Å²) in [5.74, 6) is 0.654. The lowest BCUT2D eigenvalue weighted by molar-refractivity contribution is 0.261. The lowest BCUT2D eigenvalue weighted by Crippen LogP contribution is -2.27. The summed E-state index contributed by atoms with van der Waals surface area (Å²) in [5, 5.41) is 0. The normalized spacial score (nSPS) is 19.5. The van der Waals surface area contributed by atoms with Crippen LogP contribution in [0.1, 0.15) is 31.0 Å². The number of nitrogens with two attached hydrogens (primary N) is 1. The summed E-state index contributed by atoms with van der Waals surface area (Å²) in [4.78, 5) is 4.29. The highest BCUT2D eigenvalue weighted by atomic mass is 79.9. The van der Waals surface area contributed by atoms with Crippen molar-refractivity contribution in [3.8, 4) is 0 Å². The van der Waals surface area contributed by atoms with Crippen molar-refractivity contribution in [3.05, 3.63) is 28.5 Å². The van der Waals surface area contributed by atoms with Gasteiger partial charge in [0.2, 0.25) is 0 Å². The zero-order chi connectivity index (χ0) is 9.26. The van der Waals surface area contributed by atoms with E-state index >= 15 is 0 Å².